The lowest BCUT2D eigenvalue weighted by molar-refractivity contribution is -0.113. The molecule has 5 N–H and O–H groups in total. The number of benzene rings is 3. The lowest BCUT2D eigenvalue weighted by Crippen LogP contribution is -2.38. The Kier molecular flexibility index (Phi) is 24.2. The second-order valence-electron chi connectivity index (χ2n) is 30.0. The van der Waals surface area contributed by atoms with Crippen LogP contribution in [0.1, 0.15) is 284 Å². The van der Waals surface area contributed by atoms with E-state index in [4.69, 9.17) is 14.2 Å². The number of ketones is 1. The third kappa shape index (κ3) is 15.7. The lowest BCUT2D eigenvalue weighted by atomic mass is 9.65. The standard InChI is InChI=1S/C21H28O2.C21H32O2.C20H28O3.C20H28O2/c1-12(2)7-6-8-16-11-23-21-15(5)14(4)20(22)18-13(3)9-10-17(16)19(18)21;1-13(2)7-6-8-17(12-22)18-10-9-14(3)20-19(18)11-15(4)16(5)21(20)23;1-11(2)6-5-7-15-14-9-8-12(3)17-16(21)10-13(4)19(18(14)17)23-20(15)22;1-12(2)6-5-7-15-11-22-20-14(4)10-17(21)18-13(3)8-9-16(15)19(18)20/h7,13,16-17H,4,6,8-11H2,1-3,5H3;7,11,14,17-18,22-23H,6,8-10,12H2,1-5H3;6,10,12,14-15,20-22H,5,7-9H2,1-4H3;6,10,13,15-16,21H,5,7-9,11H2,1-4H3/t13-,16-,17+;14-,17-,18+;12-,14+,15+,20?;13-,15-,16+/m1111/s1. The maximum Gasteiger partial charge on any atom is 0.200 e. The summed E-state index contributed by atoms with van der Waals surface area (Å²) in [5.74, 6) is 9.04. The van der Waals surface area contributed by atoms with Crippen molar-refractivity contribution >= 4 is 5.78 Å². The highest BCUT2D eigenvalue weighted by Gasteiger charge is 2.46. The summed E-state index contributed by atoms with van der Waals surface area (Å²) in [4.78, 5) is 12.8. The smallest absolute Gasteiger partial charge is 0.200 e. The normalized spacial score (nSPS) is 26.7. The largest absolute Gasteiger partial charge is 0.508 e. The first-order valence-electron chi connectivity index (χ1n) is 35.2. The van der Waals surface area contributed by atoms with Gasteiger partial charge in [-0.15, -0.1) is 0 Å². The summed E-state index contributed by atoms with van der Waals surface area (Å²) < 4.78 is 18.2. The number of hydrogen-bond acceptors (Lipinski definition) is 9. The summed E-state index contributed by atoms with van der Waals surface area (Å²) in [6, 6.07) is 5.92. The van der Waals surface area contributed by atoms with Crippen LogP contribution in [0.3, 0.4) is 0 Å². The van der Waals surface area contributed by atoms with Gasteiger partial charge in [0.05, 0.1) is 13.2 Å². The number of aliphatic hydroxyl groups excluding tert-OH is 2. The zero-order valence-corrected chi connectivity index (χ0v) is 59.1. The Bertz CT molecular complexity index is 3320. The number of rotatable bonds is 14. The molecule has 0 radical (unpaired) electrons. The minimum atomic E-state index is -0.748. The van der Waals surface area contributed by atoms with Gasteiger partial charge in [-0.1, -0.05) is 86.9 Å². The van der Waals surface area contributed by atoms with Gasteiger partial charge in [-0.3, -0.25) is 4.79 Å². The van der Waals surface area contributed by atoms with E-state index in [1.54, 1.807) is 6.07 Å². The second kappa shape index (κ2) is 31.0. The molecule has 91 heavy (non-hydrogen) atoms. The molecule has 3 aromatic rings. The molecule has 5 aliphatic carbocycles. The van der Waals surface area contributed by atoms with Crippen molar-refractivity contribution in [2.24, 2.45) is 35.5 Å². The van der Waals surface area contributed by atoms with Crippen molar-refractivity contribution in [3.63, 3.8) is 0 Å². The van der Waals surface area contributed by atoms with Gasteiger partial charge in [-0.05, 0) is 286 Å². The number of Topliss-reactive ketones (excluding diaryl/α,β-unsaturated/α-hetero) is 1. The fraction of sp³-hybridized carbons (Fsp3) is 0.598. The van der Waals surface area contributed by atoms with Crippen LogP contribution < -0.4 is 9.47 Å². The van der Waals surface area contributed by atoms with Gasteiger partial charge >= 0.3 is 0 Å². The van der Waals surface area contributed by atoms with Gasteiger partial charge in [0.2, 0.25) is 6.29 Å². The highest BCUT2D eigenvalue weighted by molar-refractivity contribution is 6.13. The molecule has 0 spiro atoms. The Hall–Kier alpha value is -5.77. The molecule has 3 heterocycles. The number of aliphatic hydroxyl groups is 2. The third-order valence-electron chi connectivity index (χ3n) is 22.2. The first-order chi connectivity index (χ1) is 43.2. The summed E-state index contributed by atoms with van der Waals surface area (Å²) in [5.41, 5.74) is 20.5. The quantitative estimate of drug-likeness (QED) is 0.0787. The summed E-state index contributed by atoms with van der Waals surface area (Å²) in [7, 11) is 0. The molecule has 0 saturated carbocycles. The third-order valence-corrected chi connectivity index (χ3v) is 22.2. The monoisotopic (exact) mass is 1240 g/mol. The number of ether oxygens (including phenoxy) is 3. The minimum Gasteiger partial charge on any atom is -0.508 e. The molecule has 9 heteroatoms. The summed E-state index contributed by atoms with van der Waals surface area (Å²) in [5, 5.41) is 52.0. The van der Waals surface area contributed by atoms with E-state index in [1.807, 2.05) is 26.8 Å². The van der Waals surface area contributed by atoms with E-state index in [0.29, 0.717) is 76.1 Å². The number of aromatic hydroxyl groups is 3. The predicted molar refractivity (Wildman–Crippen MR) is 374 cm³/mol. The van der Waals surface area contributed by atoms with Crippen LogP contribution in [0.15, 0.2) is 99.4 Å². The Morgan fingerprint density at radius 3 is 1.63 bits per heavy atom. The molecule has 3 aromatic carbocycles. The van der Waals surface area contributed by atoms with Crippen LogP contribution in [-0.4, -0.2) is 57.4 Å². The summed E-state index contributed by atoms with van der Waals surface area (Å²) in [6.07, 6.45) is 25.8. The Morgan fingerprint density at radius 1 is 0.560 bits per heavy atom. The van der Waals surface area contributed by atoms with Crippen LogP contribution >= 0.6 is 0 Å². The fourth-order valence-corrected chi connectivity index (χ4v) is 16.9. The molecule has 8 aliphatic rings. The Balaban J connectivity index is 0.000000156. The van der Waals surface area contributed by atoms with Crippen molar-refractivity contribution < 1.29 is 44.5 Å². The predicted octanol–water partition coefficient (Wildman–Crippen LogP) is 20.7. The van der Waals surface area contributed by atoms with Crippen LogP contribution in [-0.2, 0) is 9.53 Å². The minimum absolute atomic E-state index is 0.102. The molecule has 13 atom stereocenters. The van der Waals surface area contributed by atoms with Crippen LogP contribution in [0, 0.1) is 63.2 Å². The van der Waals surface area contributed by atoms with E-state index in [2.05, 4.69) is 134 Å². The average molecular weight is 1250 g/mol. The number of allylic oxidation sites excluding steroid dienone is 12. The van der Waals surface area contributed by atoms with E-state index < -0.39 is 6.29 Å². The second-order valence-corrected chi connectivity index (χ2v) is 30.0. The number of carbonyl (C=O) groups excluding carboxylic acids is 1. The van der Waals surface area contributed by atoms with Crippen LogP contribution in [0.25, 0.3) is 0 Å². The lowest BCUT2D eigenvalue weighted by Gasteiger charge is -2.44. The van der Waals surface area contributed by atoms with Gasteiger partial charge in [0.1, 0.15) is 34.5 Å². The van der Waals surface area contributed by atoms with Crippen molar-refractivity contribution in [1.82, 2.24) is 0 Å². The molecular weight excluding hydrogens is 1130 g/mol. The van der Waals surface area contributed by atoms with E-state index in [1.165, 1.54) is 64.7 Å². The van der Waals surface area contributed by atoms with Crippen LogP contribution in [0.2, 0.25) is 0 Å². The molecule has 1 unspecified atom stereocenters. The van der Waals surface area contributed by atoms with E-state index >= 15 is 0 Å². The first kappa shape index (κ1) is 71.1. The molecule has 11 rings (SSSR count). The zero-order valence-electron chi connectivity index (χ0n) is 59.1. The zero-order chi connectivity index (χ0) is 66.4. The number of aryl methyl sites for hydroxylation is 3. The molecule has 0 bridgehead atoms. The maximum atomic E-state index is 12.8. The topological polar surface area (TPSA) is 146 Å². The van der Waals surface area contributed by atoms with Crippen molar-refractivity contribution in [1.29, 1.82) is 0 Å². The van der Waals surface area contributed by atoms with Gasteiger partial charge in [0.15, 0.2) is 5.78 Å². The molecular formula is C82H116O9. The van der Waals surface area contributed by atoms with E-state index in [9.17, 15) is 30.3 Å². The molecule has 9 nitrogen and oxygen atoms in total. The van der Waals surface area contributed by atoms with E-state index in [-0.39, 0.29) is 30.1 Å². The van der Waals surface area contributed by atoms with Gasteiger partial charge in [-0.2, -0.15) is 0 Å². The fourth-order valence-electron chi connectivity index (χ4n) is 16.9. The van der Waals surface area contributed by atoms with Crippen LogP contribution in [0.5, 0.6) is 28.7 Å². The van der Waals surface area contributed by atoms with E-state index in [0.717, 1.165) is 163 Å². The number of phenolic OH excluding ortho intramolecular Hbond substituents is 3. The molecule has 0 aromatic heterocycles. The van der Waals surface area contributed by atoms with Gasteiger partial charge in [0, 0.05) is 74.5 Å². The number of hydrogen-bond donors (Lipinski definition) is 5. The molecule has 3 aliphatic heterocycles. The first-order valence-corrected chi connectivity index (χ1v) is 35.2. The number of fused-ring (bicyclic) bond motifs is 1. The van der Waals surface area contributed by atoms with Crippen molar-refractivity contribution in [2.75, 3.05) is 19.8 Å². The number of phenols is 3. The molecule has 1 saturated heterocycles. The Labute approximate surface area is 549 Å². The average Bonchev–Trinajstić information content (AvgIpc) is 0.767. The molecule has 1 fully saturated rings. The SMILES string of the molecule is C=C1C(=O)C2=C3C(=C1C)OC[C@@H](CCC=C(C)C)[C@@H]3CC[C@H]2C.CC(C)=CCC[C@@H]1C(O)Oc2c(C)cc(O)c3c2[C@H]1CC[C@H]3C.CC(C)=CCC[C@@H]1COc2c(C)cc(O)c3c2[C@H]1CC[C@H]3C.CC(C)=CCC[C@H](CO)[C@@H]1CC[C@@H](C)c2c1cc(C)c(C)c2O. The van der Waals surface area contributed by atoms with Gasteiger partial charge < -0.3 is 39.7 Å². The summed E-state index contributed by atoms with van der Waals surface area (Å²) >= 11 is 0. The maximum absolute atomic E-state index is 12.8. The molecule has 0 amide bonds. The summed E-state index contributed by atoms with van der Waals surface area (Å²) in [6.45, 7) is 41.7. The van der Waals surface area contributed by atoms with Crippen molar-refractivity contribution in [3.8, 4) is 28.7 Å². The van der Waals surface area contributed by atoms with Crippen molar-refractivity contribution in [3.05, 3.63) is 155 Å². The molecule has 498 valence electrons. The Morgan fingerprint density at radius 2 is 1.04 bits per heavy atom. The van der Waals surface area contributed by atoms with Crippen molar-refractivity contribution in [2.45, 2.75) is 262 Å². The van der Waals surface area contributed by atoms with Gasteiger partial charge in [-0.25, -0.2) is 0 Å². The highest BCUT2D eigenvalue weighted by atomic mass is 16.6. The highest BCUT2D eigenvalue weighted by Crippen LogP contribution is 2.57. The van der Waals surface area contributed by atoms with Crippen LogP contribution in [0.4, 0.5) is 0 Å². The number of carbonyl (C=O) groups is 1. The van der Waals surface area contributed by atoms with Gasteiger partial charge in [0.25, 0.3) is 0 Å².